The van der Waals surface area contributed by atoms with E-state index in [0.29, 0.717) is 22.3 Å². The van der Waals surface area contributed by atoms with Crippen LogP contribution < -0.4 is 15.4 Å². The molecule has 0 fully saturated rings. The highest BCUT2D eigenvalue weighted by atomic mass is 35.5. The first-order valence-corrected chi connectivity index (χ1v) is 8.91. The number of aromatic nitrogens is 5. The third kappa shape index (κ3) is 3.81. The van der Waals surface area contributed by atoms with Crippen molar-refractivity contribution >= 4 is 29.2 Å². The Hall–Kier alpha value is -3.72. The highest BCUT2D eigenvalue weighted by Gasteiger charge is 2.19. The van der Waals surface area contributed by atoms with Crippen LogP contribution in [0.3, 0.4) is 0 Å². The Morgan fingerprint density at radius 2 is 1.83 bits per heavy atom. The minimum absolute atomic E-state index is 0.0301. The van der Waals surface area contributed by atoms with Gasteiger partial charge in [-0.25, -0.2) is 0 Å². The van der Waals surface area contributed by atoms with Crippen molar-refractivity contribution in [2.24, 2.45) is 0 Å². The fourth-order valence-electron chi connectivity index (χ4n) is 2.68. The van der Waals surface area contributed by atoms with Crippen LogP contribution in [0.4, 0.5) is 17.6 Å². The van der Waals surface area contributed by atoms with E-state index in [2.05, 4.69) is 25.1 Å². The summed E-state index contributed by atoms with van der Waals surface area (Å²) in [5, 5.41) is 4.57. The van der Waals surface area contributed by atoms with Crippen LogP contribution in [-0.4, -0.2) is 39.3 Å². The van der Waals surface area contributed by atoms with Gasteiger partial charge in [-0.1, -0.05) is 35.0 Å². The highest BCUT2D eigenvalue weighted by Crippen LogP contribution is 2.30. The van der Waals surface area contributed by atoms with Gasteiger partial charge in [0.05, 0.1) is 12.7 Å². The first kappa shape index (κ1) is 18.6. The quantitative estimate of drug-likeness (QED) is 0.527. The topological polar surface area (TPSA) is 116 Å². The summed E-state index contributed by atoms with van der Waals surface area (Å²) < 4.78 is 10.7. The molecular weight excluding hydrogens is 394 g/mol. The van der Waals surface area contributed by atoms with Gasteiger partial charge in [0.15, 0.2) is 0 Å². The monoisotopic (exact) mass is 409 g/mol. The number of anilines is 3. The lowest BCUT2D eigenvalue weighted by Crippen LogP contribution is -2.15. The predicted molar refractivity (Wildman–Crippen MR) is 109 cm³/mol. The van der Waals surface area contributed by atoms with Crippen LogP contribution in [0, 0.1) is 0 Å². The molecule has 0 saturated heterocycles. The zero-order valence-corrected chi connectivity index (χ0v) is 16.3. The first-order valence-electron chi connectivity index (χ1n) is 8.53. The standard InChI is InChI=1S/C19H16ClN7O2/c1-27(12-7-5-6-11(20)10-12)19-24-15(23-18(21)25-19)16-22-17(29-26-16)13-8-3-4-9-14(13)28-2/h3-10H,1-2H3,(H2,21,23,24,25). The first-order chi connectivity index (χ1) is 14.0. The van der Waals surface area contributed by atoms with Crippen LogP contribution in [-0.2, 0) is 0 Å². The summed E-state index contributed by atoms with van der Waals surface area (Å²) in [6, 6.07) is 14.6. The lowest BCUT2D eigenvalue weighted by molar-refractivity contribution is 0.405. The van der Waals surface area contributed by atoms with Crippen LogP contribution in [0.5, 0.6) is 5.75 Å². The summed E-state index contributed by atoms with van der Waals surface area (Å²) in [4.78, 5) is 18.9. The van der Waals surface area contributed by atoms with Gasteiger partial charge in [-0.2, -0.15) is 19.9 Å². The largest absolute Gasteiger partial charge is 0.496 e. The van der Waals surface area contributed by atoms with Crippen molar-refractivity contribution in [3.63, 3.8) is 0 Å². The molecule has 2 aromatic heterocycles. The maximum atomic E-state index is 6.07. The van der Waals surface area contributed by atoms with Crippen LogP contribution in [0.1, 0.15) is 0 Å². The third-order valence-corrected chi connectivity index (χ3v) is 4.33. The Kier molecular flexibility index (Phi) is 4.96. The number of hydrogen-bond donors (Lipinski definition) is 1. The Morgan fingerprint density at radius 1 is 1.00 bits per heavy atom. The summed E-state index contributed by atoms with van der Waals surface area (Å²) in [7, 11) is 3.36. The van der Waals surface area contributed by atoms with Gasteiger partial charge >= 0.3 is 0 Å². The zero-order valence-electron chi connectivity index (χ0n) is 15.6. The van der Waals surface area contributed by atoms with E-state index in [0.717, 1.165) is 5.69 Å². The number of methoxy groups -OCH3 is 1. The summed E-state index contributed by atoms with van der Waals surface area (Å²) in [6.45, 7) is 0. The number of para-hydroxylation sites is 1. The van der Waals surface area contributed by atoms with Gasteiger partial charge in [0.2, 0.25) is 23.5 Å². The summed E-state index contributed by atoms with van der Waals surface area (Å²) in [5.41, 5.74) is 7.33. The second-order valence-corrected chi connectivity index (χ2v) is 6.42. The Morgan fingerprint density at radius 3 is 2.62 bits per heavy atom. The molecule has 0 aliphatic heterocycles. The summed E-state index contributed by atoms with van der Waals surface area (Å²) in [6.07, 6.45) is 0. The molecule has 10 heteroatoms. The maximum Gasteiger partial charge on any atom is 0.262 e. The molecule has 0 radical (unpaired) electrons. The molecule has 0 bridgehead atoms. The molecule has 2 aromatic carbocycles. The zero-order chi connectivity index (χ0) is 20.4. The number of nitrogens with two attached hydrogens (primary N) is 1. The normalized spacial score (nSPS) is 10.7. The molecule has 0 spiro atoms. The molecule has 4 rings (SSSR count). The molecule has 146 valence electrons. The van der Waals surface area contributed by atoms with Crippen molar-refractivity contribution in [2.75, 3.05) is 24.8 Å². The lowest BCUT2D eigenvalue weighted by atomic mass is 10.2. The van der Waals surface area contributed by atoms with Crippen molar-refractivity contribution in [1.29, 1.82) is 0 Å². The average molecular weight is 410 g/mol. The van der Waals surface area contributed by atoms with E-state index in [1.165, 1.54) is 0 Å². The van der Waals surface area contributed by atoms with Gasteiger partial charge in [-0.3, -0.25) is 0 Å². The fourth-order valence-corrected chi connectivity index (χ4v) is 2.86. The SMILES string of the molecule is COc1ccccc1-c1nc(-c2nc(N)nc(N(C)c3cccc(Cl)c3)n2)no1. The molecule has 9 nitrogen and oxygen atoms in total. The van der Waals surface area contributed by atoms with E-state index >= 15 is 0 Å². The molecule has 2 heterocycles. The number of hydrogen-bond acceptors (Lipinski definition) is 9. The fraction of sp³-hybridized carbons (Fsp3) is 0.105. The number of rotatable bonds is 5. The van der Waals surface area contributed by atoms with Gasteiger partial charge in [-0.05, 0) is 30.3 Å². The number of benzene rings is 2. The second-order valence-electron chi connectivity index (χ2n) is 5.98. The third-order valence-electron chi connectivity index (χ3n) is 4.10. The molecule has 0 aliphatic rings. The van der Waals surface area contributed by atoms with Crippen molar-refractivity contribution in [3.05, 3.63) is 53.6 Å². The molecule has 0 aliphatic carbocycles. The highest BCUT2D eigenvalue weighted by molar-refractivity contribution is 6.30. The van der Waals surface area contributed by atoms with Gasteiger partial charge in [0.25, 0.3) is 5.89 Å². The van der Waals surface area contributed by atoms with E-state index in [4.69, 9.17) is 26.6 Å². The number of nitrogen functional groups attached to an aromatic ring is 1. The Bertz CT molecular complexity index is 1160. The van der Waals surface area contributed by atoms with Crippen LogP contribution in [0.25, 0.3) is 23.1 Å². The van der Waals surface area contributed by atoms with E-state index in [-0.39, 0.29) is 23.5 Å². The van der Waals surface area contributed by atoms with E-state index in [1.54, 1.807) is 37.3 Å². The minimum atomic E-state index is 0.0301. The molecule has 29 heavy (non-hydrogen) atoms. The van der Waals surface area contributed by atoms with Crippen LogP contribution >= 0.6 is 11.6 Å². The Labute approximate surface area is 171 Å². The molecule has 2 N–H and O–H groups in total. The average Bonchev–Trinajstić information content (AvgIpc) is 3.23. The number of ether oxygens (including phenoxy) is 1. The molecule has 0 unspecified atom stereocenters. The van der Waals surface area contributed by atoms with Gasteiger partial charge in [0, 0.05) is 17.8 Å². The molecule has 0 amide bonds. The van der Waals surface area contributed by atoms with E-state index in [9.17, 15) is 0 Å². The number of halogens is 1. The molecular formula is C19H16ClN7O2. The van der Waals surface area contributed by atoms with Crippen molar-refractivity contribution in [3.8, 4) is 28.9 Å². The van der Waals surface area contributed by atoms with Gasteiger partial charge in [-0.15, -0.1) is 0 Å². The smallest absolute Gasteiger partial charge is 0.262 e. The van der Waals surface area contributed by atoms with Gasteiger partial charge < -0.3 is 19.9 Å². The van der Waals surface area contributed by atoms with Crippen molar-refractivity contribution < 1.29 is 9.26 Å². The number of nitrogens with zero attached hydrogens (tertiary/aromatic N) is 6. The summed E-state index contributed by atoms with van der Waals surface area (Å²) >= 11 is 6.07. The molecule has 0 saturated carbocycles. The molecule has 4 aromatic rings. The van der Waals surface area contributed by atoms with Crippen molar-refractivity contribution in [1.82, 2.24) is 25.1 Å². The summed E-state index contributed by atoms with van der Waals surface area (Å²) in [5.74, 6) is 1.60. The minimum Gasteiger partial charge on any atom is -0.496 e. The second kappa shape index (κ2) is 7.72. The van der Waals surface area contributed by atoms with E-state index in [1.807, 2.05) is 30.3 Å². The maximum absolute atomic E-state index is 6.07. The lowest BCUT2D eigenvalue weighted by Gasteiger charge is -2.17. The predicted octanol–water partition coefficient (Wildman–Crippen LogP) is 3.60. The van der Waals surface area contributed by atoms with E-state index < -0.39 is 0 Å². The molecule has 0 atom stereocenters. The van der Waals surface area contributed by atoms with Crippen LogP contribution in [0.2, 0.25) is 5.02 Å². The van der Waals surface area contributed by atoms with Crippen LogP contribution in [0.15, 0.2) is 53.1 Å². The van der Waals surface area contributed by atoms with Gasteiger partial charge in [0.1, 0.15) is 5.75 Å². The Balaban J connectivity index is 1.71. The van der Waals surface area contributed by atoms with Crippen molar-refractivity contribution in [2.45, 2.75) is 0 Å².